The smallest absolute Gasteiger partial charge is 0.251 e. The van der Waals surface area contributed by atoms with Gasteiger partial charge < -0.3 is 10.1 Å². The first-order chi connectivity index (χ1) is 14.1. The summed E-state index contributed by atoms with van der Waals surface area (Å²) in [4.78, 5) is 19.4. The van der Waals surface area contributed by atoms with Crippen molar-refractivity contribution in [1.29, 1.82) is 0 Å². The third-order valence-electron chi connectivity index (χ3n) is 5.61. The van der Waals surface area contributed by atoms with Gasteiger partial charge in [-0.25, -0.2) is 4.98 Å². The van der Waals surface area contributed by atoms with E-state index in [1.165, 1.54) is 18.4 Å². The van der Waals surface area contributed by atoms with Gasteiger partial charge >= 0.3 is 0 Å². The SMILES string of the molecule is CCN(Cc1ccc(C(=O)NCc2cccnc2OC2CCCC2)cc1)C(C)C. The van der Waals surface area contributed by atoms with Crippen molar-refractivity contribution in [2.75, 3.05) is 6.54 Å². The Morgan fingerprint density at radius 2 is 1.93 bits per heavy atom. The summed E-state index contributed by atoms with van der Waals surface area (Å²) < 4.78 is 6.06. The van der Waals surface area contributed by atoms with Crippen LogP contribution < -0.4 is 10.1 Å². The predicted octanol–water partition coefficient (Wildman–Crippen LogP) is 4.56. The molecule has 0 bridgehead atoms. The number of aromatic nitrogens is 1. The van der Waals surface area contributed by atoms with Gasteiger partial charge in [0.15, 0.2) is 0 Å². The maximum absolute atomic E-state index is 12.6. The van der Waals surface area contributed by atoms with E-state index < -0.39 is 0 Å². The van der Waals surface area contributed by atoms with Crippen LogP contribution in [0.4, 0.5) is 0 Å². The van der Waals surface area contributed by atoms with Gasteiger partial charge in [-0.1, -0.05) is 25.1 Å². The van der Waals surface area contributed by atoms with E-state index in [4.69, 9.17) is 4.74 Å². The number of hydrogen-bond donors (Lipinski definition) is 1. The summed E-state index contributed by atoms with van der Waals surface area (Å²) in [5.41, 5.74) is 2.81. The van der Waals surface area contributed by atoms with Crippen molar-refractivity contribution in [2.45, 2.75) is 71.7 Å². The summed E-state index contributed by atoms with van der Waals surface area (Å²) in [5.74, 6) is 0.562. The molecule has 2 aromatic rings. The molecule has 1 aromatic carbocycles. The maximum Gasteiger partial charge on any atom is 0.251 e. The zero-order valence-electron chi connectivity index (χ0n) is 17.9. The molecule has 1 amide bonds. The molecule has 0 saturated heterocycles. The van der Waals surface area contributed by atoms with Crippen molar-refractivity contribution in [2.24, 2.45) is 0 Å². The van der Waals surface area contributed by atoms with Crippen molar-refractivity contribution < 1.29 is 9.53 Å². The van der Waals surface area contributed by atoms with E-state index in [1.54, 1.807) is 6.20 Å². The Labute approximate surface area is 174 Å². The zero-order valence-corrected chi connectivity index (χ0v) is 17.9. The van der Waals surface area contributed by atoms with Crippen molar-refractivity contribution in [1.82, 2.24) is 15.2 Å². The van der Waals surface area contributed by atoms with Gasteiger partial charge in [0.1, 0.15) is 6.10 Å². The molecule has 1 heterocycles. The Morgan fingerprint density at radius 1 is 1.21 bits per heavy atom. The van der Waals surface area contributed by atoms with Crippen LogP contribution in [0.1, 0.15) is 67.9 Å². The number of amides is 1. The molecule has 0 atom stereocenters. The second-order valence-electron chi connectivity index (χ2n) is 8.03. The van der Waals surface area contributed by atoms with Crippen LogP contribution in [-0.2, 0) is 13.1 Å². The highest BCUT2D eigenvalue weighted by Crippen LogP contribution is 2.25. The number of carbonyl (C=O) groups excluding carboxylic acids is 1. The molecule has 3 rings (SSSR count). The van der Waals surface area contributed by atoms with Gasteiger partial charge in [0.05, 0.1) is 0 Å². The summed E-state index contributed by atoms with van der Waals surface area (Å²) in [6, 6.07) is 12.2. The predicted molar refractivity (Wildman–Crippen MR) is 116 cm³/mol. The van der Waals surface area contributed by atoms with Crippen LogP contribution in [0.15, 0.2) is 42.6 Å². The average molecular weight is 396 g/mol. The van der Waals surface area contributed by atoms with Crippen molar-refractivity contribution in [3.63, 3.8) is 0 Å². The third-order valence-corrected chi connectivity index (χ3v) is 5.61. The Bertz CT molecular complexity index is 783. The fourth-order valence-corrected chi connectivity index (χ4v) is 3.76. The fourth-order valence-electron chi connectivity index (χ4n) is 3.76. The number of benzene rings is 1. The molecular formula is C24H33N3O2. The fraction of sp³-hybridized carbons (Fsp3) is 0.500. The topological polar surface area (TPSA) is 54.5 Å². The molecule has 5 nitrogen and oxygen atoms in total. The van der Waals surface area contributed by atoms with Gasteiger partial charge in [-0.3, -0.25) is 9.69 Å². The van der Waals surface area contributed by atoms with Crippen LogP contribution in [0.3, 0.4) is 0 Å². The standard InChI is InChI=1S/C24H33N3O2/c1-4-27(18(2)3)17-19-11-13-20(14-12-19)23(28)26-16-21-8-7-15-25-24(21)29-22-9-5-6-10-22/h7-8,11-15,18,22H,4-6,9-10,16-17H2,1-3H3,(H,26,28). The van der Waals surface area contributed by atoms with Crippen LogP contribution in [0.2, 0.25) is 0 Å². The molecule has 156 valence electrons. The second-order valence-corrected chi connectivity index (χ2v) is 8.03. The van der Waals surface area contributed by atoms with Crippen LogP contribution in [-0.4, -0.2) is 34.5 Å². The van der Waals surface area contributed by atoms with Crippen LogP contribution in [0, 0.1) is 0 Å². The number of hydrogen-bond acceptors (Lipinski definition) is 4. The molecule has 1 aliphatic rings. The first-order valence-corrected chi connectivity index (χ1v) is 10.8. The Hall–Kier alpha value is -2.40. The Morgan fingerprint density at radius 3 is 2.59 bits per heavy atom. The molecule has 0 unspecified atom stereocenters. The van der Waals surface area contributed by atoms with Crippen LogP contribution >= 0.6 is 0 Å². The van der Waals surface area contributed by atoms with E-state index in [0.29, 0.717) is 24.0 Å². The van der Waals surface area contributed by atoms with Gasteiger partial charge in [-0.2, -0.15) is 0 Å². The first-order valence-electron chi connectivity index (χ1n) is 10.8. The monoisotopic (exact) mass is 395 g/mol. The van der Waals surface area contributed by atoms with Gasteiger partial charge in [0, 0.05) is 36.5 Å². The van der Waals surface area contributed by atoms with Gasteiger partial charge in [-0.05, 0) is 69.8 Å². The van der Waals surface area contributed by atoms with E-state index in [0.717, 1.165) is 31.5 Å². The molecule has 1 aliphatic carbocycles. The maximum atomic E-state index is 12.6. The molecule has 0 aliphatic heterocycles. The molecular weight excluding hydrogens is 362 g/mol. The first kappa shape index (κ1) is 21.3. The van der Waals surface area contributed by atoms with Crippen molar-refractivity contribution >= 4 is 5.91 Å². The summed E-state index contributed by atoms with van der Waals surface area (Å²) in [6.45, 7) is 8.89. The van der Waals surface area contributed by atoms with Gasteiger partial charge in [0.2, 0.25) is 5.88 Å². The lowest BCUT2D eigenvalue weighted by atomic mass is 10.1. The number of nitrogens with one attached hydrogen (secondary N) is 1. The Balaban J connectivity index is 1.57. The average Bonchev–Trinajstić information content (AvgIpc) is 3.24. The quantitative estimate of drug-likeness (QED) is 0.676. The van der Waals surface area contributed by atoms with E-state index >= 15 is 0 Å². The van der Waals surface area contributed by atoms with Gasteiger partial charge in [-0.15, -0.1) is 0 Å². The number of rotatable bonds is 9. The molecule has 1 fully saturated rings. The summed E-state index contributed by atoms with van der Waals surface area (Å²) >= 11 is 0. The zero-order chi connectivity index (χ0) is 20.6. The summed E-state index contributed by atoms with van der Waals surface area (Å²) in [7, 11) is 0. The third kappa shape index (κ3) is 6.04. The van der Waals surface area contributed by atoms with Crippen molar-refractivity contribution in [3.8, 4) is 5.88 Å². The molecule has 1 saturated carbocycles. The second kappa shape index (κ2) is 10.4. The number of nitrogens with zero attached hydrogens (tertiary/aromatic N) is 2. The van der Waals surface area contributed by atoms with E-state index in [9.17, 15) is 4.79 Å². The number of pyridine rings is 1. The molecule has 0 spiro atoms. The van der Waals surface area contributed by atoms with Crippen molar-refractivity contribution in [3.05, 3.63) is 59.3 Å². The van der Waals surface area contributed by atoms with Gasteiger partial charge in [0.25, 0.3) is 5.91 Å². The van der Waals surface area contributed by atoms with Crippen LogP contribution in [0.5, 0.6) is 5.88 Å². The largest absolute Gasteiger partial charge is 0.474 e. The number of ether oxygens (including phenoxy) is 1. The highest BCUT2D eigenvalue weighted by molar-refractivity contribution is 5.94. The molecule has 1 N–H and O–H groups in total. The minimum Gasteiger partial charge on any atom is -0.474 e. The molecule has 0 radical (unpaired) electrons. The lowest BCUT2D eigenvalue weighted by Gasteiger charge is -2.24. The minimum atomic E-state index is -0.0802. The van der Waals surface area contributed by atoms with Crippen LogP contribution in [0.25, 0.3) is 0 Å². The lowest BCUT2D eigenvalue weighted by Crippen LogP contribution is -2.30. The highest BCUT2D eigenvalue weighted by atomic mass is 16.5. The van der Waals surface area contributed by atoms with E-state index in [2.05, 4.69) is 36.0 Å². The molecule has 29 heavy (non-hydrogen) atoms. The molecule has 1 aromatic heterocycles. The Kier molecular flexibility index (Phi) is 7.64. The number of carbonyl (C=O) groups is 1. The summed E-state index contributed by atoms with van der Waals surface area (Å²) in [6.07, 6.45) is 6.59. The highest BCUT2D eigenvalue weighted by Gasteiger charge is 2.19. The normalized spacial score (nSPS) is 14.5. The summed E-state index contributed by atoms with van der Waals surface area (Å²) in [5, 5.41) is 3.00. The molecule has 5 heteroatoms. The minimum absolute atomic E-state index is 0.0802. The van der Waals surface area contributed by atoms with E-state index in [1.807, 2.05) is 36.4 Å². The lowest BCUT2D eigenvalue weighted by molar-refractivity contribution is 0.0950. The van der Waals surface area contributed by atoms with E-state index in [-0.39, 0.29) is 12.0 Å².